The number of methoxy groups -OCH3 is 1. The molecule has 0 bridgehead atoms. The van der Waals surface area contributed by atoms with Gasteiger partial charge < -0.3 is 19.8 Å². The van der Waals surface area contributed by atoms with Crippen molar-refractivity contribution in [3.8, 4) is 11.8 Å². The maximum atomic E-state index is 12.1. The smallest absolute Gasteiger partial charge is 0.358 e. The van der Waals surface area contributed by atoms with Gasteiger partial charge >= 0.3 is 5.97 Å². The van der Waals surface area contributed by atoms with Gasteiger partial charge in [-0.1, -0.05) is 0 Å². The molecule has 0 saturated carbocycles. The molecule has 26 heavy (non-hydrogen) atoms. The van der Waals surface area contributed by atoms with E-state index in [0.717, 1.165) is 0 Å². The van der Waals surface area contributed by atoms with Gasteiger partial charge in [-0.15, -0.1) is 0 Å². The van der Waals surface area contributed by atoms with Crippen molar-refractivity contribution < 1.29 is 19.1 Å². The summed E-state index contributed by atoms with van der Waals surface area (Å²) >= 11 is 0. The van der Waals surface area contributed by atoms with E-state index in [1.807, 2.05) is 0 Å². The lowest BCUT2D eigenvalue weighted by molar-refractivity contribution is -0.110. The van der Waals surface area contributed by atoms with E-state index in [2.05, 4.69) is 25.8 Å². The lowest BCUT2D eigenvalue weighted by atomic mass is 10.3. The number of nitriles is 1. The second kappa shape index (κ2) is 8.84. The van der Waals surface area contributed by atoms with Crippen LogP contribution >= 0.6 is 0 Å². The Hall–Kier alpha value is -3.87. The number of aromatic nitrogens is 2. The molecule has 134 valence electrons. The quantitative estimate of drug-likeness (QED) is 0.388. The van der Waals surface area contributed by atoms with Gasteiger partial charge in [0.05, 0.1) is 20.0 Å². The van der Waals surface area contributed by atoms with E-state index < -0.39 is 17.6 Å². The molecule has 10 heteroatoms. The summed E-state index contributed by atoms with van der Waals surface area (Å²) in [5, 5.41) is 15.3. The van der Waals surface area contributed by atoms with E-state index in [0.29, 0.717) is 11.4 Å². The lowest BCUT2D eigenvalue weighted by Crippen LogP contribution is -2.22. The summed E-state index contributed by atoms with van der Waals surface area (Å²) in [5.74, 6) is -0.695. The summed E-state index contributed by atoms with van der Waals surface area (Å²) < 4.78 is 9.88. The first-order valence-corrected chi connectivity index (χ1v) is 7.48. The number of rotatable bonds is 7. The maximum Gasteiger partial charge on any atom is 0.358 e. The van der Waals surface area contributed by atoms with Crippen molar-refractivity contribution in [3.05, 3.63) is 36.3 Å². The van der Waals surface area contributed by atoms with E-state index in [1.165, 1.54) is 13.4 Å². The second-order valence-electron chi connectivity index (χ2n) is 4.71. The topological polar surface area (TPSA) is 141 Å². The molecule has 1 aromatic heterocycles. The van der Waals surface area contributed by atoms with Gasteiger partial charge in [-0.2, -0.15) is 10.4 Å². The van der Waals surface area contributed by atoms with Crippen LogP contribution in [0.15, 0.2) is 35.7 Å². The molecule has 10 nitrogen and oxygen atoms in total. The molecule has 2 aromatic rings. The molecule has 0 atom stereocenters. The number of imidazole rings is 1. The number of carbonyl (C=O) groups excluding carboxylic acids is 2. The highest BCUT2D eigenvalue weighted by Crippen LogP contribution is 2.15. The summed E-state index contributed by atoms with van der Waals surface area (Å²) in [6.07, 6.45) is 1.26. The van der Waals surface area contributed by atoms with Gasteiger partial charge in [0.1, 0.15) is 11.8 Å². The number of hydrogen-bond donors (Lipinski definition) is 3. The van der Waals surface area contributed by atoms with Crippen LogP contribution in [0.3, 0.4) is 0 Å². The molecule has 0 spiro atoms. The number of hydrogen-bond acceptors (Lipinski definition) is 8. The fourth-order valence-electron chi connectivity index (χ4n) is 1.84. The number of benzene rings is 1. The van der Waals surface area contributed by atoms with Crippen molar-refractivity contribution in [2.45, 2.75) is 6.92 Å². The third kappa shape index (κ3) is 4.57. The van der Waals surface area contributed by atoms with Crippen LogP contribution in [0.25, 0.3) is 0 Å². The van der Waals surface area contributed by atoms with Crippen molar-refractivity contribution in [2.24, 2.45) is 5.10 Å². The Labute approximate surface area is 148 Å². The first-order valence-electron chi connectivity index (χ1n) is 7.48. The molecule has 2 rings (SSSR count). The molecule has 1 amide bonds. The molecule has 0 aliphatic carbocycles. The average molecular weight is 356 g/mol. The number of carbonyl (C=O) groups is 2. The lowest BCUT2D eigenvalue weighted by Gasteiger charge is -2.05. The minimum atomic E-state index is -0.724. The maximum absolute atomic E-state index is 12.1. The van der Waals surface area contributed by atoms with Gasteiger partial charge in [-0.25, -0.2) is 9.78 Å². The van der Waals surface area contributed by atoms with E-state index in [-0.39, 0.29) is 18.1 Å². The Morgan fingerprint density at radius 3 is 2.69 bits per heavy atom. The van der Waals surface area contributed by atoms with Crippen molar-refractivity contribution in [1.82, 2.24) is 9.97 Å². The number of ether oxygens (including phenoxy) is 2. The molecule has 1 heterocycles. The molecule has 0 radical (unpaired) electrons. The predicted molar refractivity (Wildman–Crippen MR) is 92.8 cm³/mol. The Morgan fingerprint density at radius 1 is 1.35 bits per heavy atom. The second-order valence-corrected chi connectivity index (χ2v) is 4.71. The molecule has 0 fully saturated rings. The number of hydrazone groups is 1. The zero-order valence-corrected chi connectivity index (χ0v) is 14.1. The highest BCUT2D eigenvalue weighted by atomic mass is 16.5. The first-order chi connectivity index (χ1) is 12.6. The Balaban J connectivity index is 2.08. The third-order valence-electron chi connectivity index (χ3n) is 3.06. The summed E-state index contributed by atoms with van der Waals surface area (Å²) in [5.41, 5.74) is 2.46. The average Bonchev–Trinajstić information content (AvgIpc) is 3.12. The first kappa shape index (κ1) is 18.5. The summed E-state index contributed by atoms with van der Waals surface area (Å²) in [6, 6.07) is 8.23. The zero-order valence-electron chi connectivity index (χ0n) is 14.1. The molecule has 3 N–H and O–H groups in total. The molecular weight excluding hydrogens is 340 g/mol. The van der Waals surface area contributed by atoms with Gasteiger partial charge in [-0.05, 0) is 31.2 Å². The van der Waals surface area contributed by atoms with Crippen LogP contribution in [-0.4, -0.2) is 41.3 Å². The Morgan fingerprint density at radius 2 is 2.08 bits per heavy atom. The minimum absolute atomic E-state index is 0.0310. The molecular formula is C16H16N6O4. The number of nitrogens with zero attached hydrogens (tertiary/aromatic N) is 3. The molecule has 1 aromatic carbocycles. The standard InChI is InChI=1S/C16H16N6O4/c1-3-26-16(24)13-14(19-9-18-13)22-21-12(8-17)15(23)20-10-4-6-11(25-2)7-5-10/h4-7,9,22H,3H2,1-2H3,(H,18,19)(H,20,23)/b21-12+. The predicted octanol–water partition coefficient (Wildman–Crippen LogP) is 1.53. The number of esters is 1. The Kier molecular flexibility index (Phi) is 6.28. The molecule has 0 saturated heterocycles. The summed E-state index contributed by atoms with van der Waals surface area (Å²) in [4.78, 5) is 30.3. The summed E-state index contributed by atoms with van der Waals surface area (Å²) in [7, 11) is 1.53. The summed E-state index contributed by atoms with van der Waals surface area (Å²) in [6.45, 7) is 1.85. The van der Waals surface area contributed by atoms with Crippen molar-refractivity contribution >= 4 is 29.1 Å². The van der Waals surface area contributed by atoms with Crippen molar-refractivity contribution in [2.75, 3.05) is 24.5 Å². The number of amides is 1. The van der Waals surface area contributed by atoms with Gasteiger partial charge in [0.2, 0.25) is 5.71 Å². The van der Waals surface area contributed by atoms with E-state index >= 15 is 0 Å². The SMILES string of the molecule is CCOC(=O)c1[nH]cnc1N/N=C(\C#N)C(=O)Nc1ccc(OC)cc1. The van der Waals surface area contributed by atoms with Gasteiger partial charge in [-0.3, -0.25) is 10.2 Å². The highest BCUT2D eigenvalue weighted by Gasteiger charge is 2.17. The van der Waals surface area contributed by atoms with Gasteiger partial charge in [0, 0.05) is 5.69 Å². The van der Waals surface area contributed by atoms with Crippen LogP contribution in [0.1, 0.15) is 17.4 Å². The van der Waals surface area contributed by atoms with Gasteiger partial charge in [0.25, 0.3) is 5.91 Å². The number of aromatic amines is 1. The van der Waals surface area contributed by atoms with Crippen LogP contribution in [0, 0.1) is 11.3 Å². The van der Waals surface area contributed by atoms with Crippen molar-refractivity contribution in [1.29, 1.82) is 5.26 Å². The van der Waals surface area contributed by atoms with Crippen LogP contribution in [0.5, 0.6) is 5.75 Å². The van der Waals surface area contributed by atoms with Crippen LogP contribution in [0.2, 0.25) is 0 Å². The third-order valence-corrected chi connectivity index (χ3v) is 3.06. The normalized spacial score (nSPS) is 10.6. The van der Waals surface area contributed by atoms with Crippen molar-refractivity contribution in [3.63, 3.8) is 0 Å². The molecule has 0 aliphatic rings. The molecule has 0 aliphatic heterocycles. The van der Waals surface area contributed by atoms with Crippen LogP contribution in [0.4, 0.5) is 11.5 Å². The van der Waals surface area contributed by atoms with E-state index in [1.54, 1.807) is 37.3 Å². The van der Waals surface area contributed by atoms with Crippen LogP contribution < -0.4 is 15.5 Å². The number of H-pyrrole nitrogens is 1. The Bertz CT molecular complexity index is 850. The molecule has 0 unspecified atom stereocenters. The number of nitrogens with one attached hydrogen (secondary N) is 3. The van der Waals surface area contributed by atoms with E-state index in [4.69, 9.17) is 14.7 Å². The highest BCUT2D eigenvalue weighted by molar-refractivity contribution is 6.48. The minimum Gasteiger partial charge on any atom is -0.497 e. The number of anilines is 2. The fourth-order valence-corrected chi connectivity index (χ4v) is 1.84. The largest absolute Gasteiger partial charge is 0.497 e. The van der Waals surface area contributed by atoms with E-state index in [9.17, 15) is 9.59 Å². The zero-order chi connectivity index (χ0) is 18.9. The van der Waals surface area contributed by atoms with Crippen LogP contribution in [-0.2, 0) is 9.53 Å². The van der Waals surface area contributed by atoms with Gasteiger partial charge in [0.15, 0.2) is 11.5 Å². The fraction of sp³-hybridized carbons (Fsp3) is 0.188. The monoisotopic (exact) mass is 356 g/mol.